The van der Waals surface area contributed by atoms with Gasteiger partial charge in [-0.3, -0.25) is 0 Å². The number of nitrogens with one attached hydrogen (secondary N) is 1. The molecular weight excluding hydrogens is 240 g/mol. The lowest BCUT2D eigenvalue weighted by molar-refractivity contribution is 0.0696. The van der Waals surface area contributed by atoms with Crippen LogP contribution in [0.3, 0.4) is 0 Å². The van der Waals surface area contributed by atoms with Crippen molar-refractivity contribution in [2.75, 3.05) is 25.0 Å². The van der Waals surface area contributed by atoms with E-state index in [9.17, 15) is 4.79 Å². The second kappa shape index (κ2) is 6.06. The van der Waals surface area contributed by atoms with Crippen LogP contribution in [0.2, 0.25) is 0 Å². The molecule has 1 unspecified atom stereocenters. The molecule has 1 aromatic rings. The maximum Gasteiger partial charge on any atom is 0.335 e. The third-order valence-corrected chi connectivity index (χ3v) is 3.78. The molecule has 2 N–H and O–H groups in total. The number of likely N-dealkylation sites (N-methyl/N-ethyl adjacent to an activating group) is 1. The number of aromatic carboxylic acids is 1. The van der Waals surface area contributed by atoms with E-state index < -0.39 is 5.97 Å². The molecule has 1 fully saturated rings. The van der Waals surface area contributed by atoms with E-state index in [0.717, 1.165) is 24.3 Å². The van der Waals surface area contributed by atoms with E-state index in [4.69, 9.17) is 5.11 Å². The van der Waals surface area contributed by atoms with Gasteiger partial charge < -0.3 is 15.3 Å². The van der Waals surface area contributed by atoms with Crippen molar-refractivity contribution >= 4 is 11.7 Å². The lowest BCUT2D eigenvalue weighted by atomic mass is 10.0. The molecular formula is C15H22N2O2. The summed E-state index contributed by atoms with van der Waals surface area (Å²) in [4.78, 5) is 13.4. The molecule has 0 spiro atoms. The fourth-order valence-electron chi connectivity index (χ4n) is 2.69. The van der Waals surface area contributed by atoms with Gasteiger partial charge in [0.15, 0.2) is 0 Å². The van der Waals surface area contributed by atoms with Crippen LogP contribution in [0.25, 0.3) is 0 Å². The van der Waals surface area contributed by atoms with Crippen LogP contribution in [0.4, 0.5) is 5.69 Å². The highest BCUT2D eigenvalue weighted by Crippen LogP contribution is 2.19. The summed E-state index contributed by atoms with van der Waals surface area (Å²) in [5.41, 5.74) is 2.20. The zero-order valence-corrected chi connectivity index (χ0v) is 11.6. The number of piperidine rings is 1. The Bertz CT molecular complexity index is 459. The lowest BCUT2D eigenvalue weighted by Gasteiger charge is -2.32. The maximum absolute atomic E-state index is 11.0. The average Bonchev–Trinajstić information content (AvgIpc) is 2.38. The van der Waals surface area contributed by atoms with E-state index in [1.54, 1.807) is 6.07 Å². The minimum atomic E-state index is -0.862. The van der Waals surface area contributed by atoms with Gasteiger partial charge in [0.2, 0.25) is 0 Å². The largest absolute Gasteiger partial charge is 0.478 e. The fourth-order valence-corrected chi connectivity index (χ4v) is 2.69. The number of carboxylic acids is 1. The Labute approximate surface area is 114 Å². The maximum atomic E-state index is 11.0. The molecule has 0 aromatic heterocycles. The van der Waals surface area contributed by atoms with Gasteiger partial charge in [-0.2, -0.15) is 0 Å². The molecule has 0 bridgehead atoms. The highest BCUT2D eigenvalue weighted by atomic mass is 16.4. The summed E-state index contributed by atoms with van der Waals surface area (Å²) in [5, 5.41) is 12.5. The van der Waals surface area contributed by atoms with Crippen molar-refractivity contribution in [3.8, 4) is 0 Å². The highest BCUT2D eigenvalue weighted by Gasteiger charge is 2.18. The number of rotatable bonds is 4. The summed E-state index contributed by atoms with van der Waals surface area (Å²) in [5.74, 6) is -0.862. The molecule has 1 aromatic carbocycles. The van der Waals surface area contributed by atoms with Crippen molar-refractivity contribution < 1.29 is 9.90 Å². The van der Waals surface area contributed by atoms with E-state index in [1.165, 1.54) is 19.4 Å². The van der Waals surface area contributed by atoms with Gasteiger partial charge in [0.05, 0.1) is 5.56 Å². The van der Waals surface area contributed by atoms with Crippen LogP contribution in [0, 0.1) is 6.92 Å². The van der Waals surface area contributed by atoms with Crippen LogP contribution < -0.4 is 5.32 Å². The van der Waals surface area contributed by atoms with Gasteiger partial charge in [-0.05, 0) is 56.6 Å². The molecule has 19 heavy (non-hydrogen) atoms. The average molecular weight is 262 g/mol. The molecule has 4 heteroatoms. The monoisotopic (exact) mass is 262 g/mol. The molecule has 0 radical (unpaired) electrons. The van der Waals surface area contributed by atoms with E-state index in [2.05, 4.69) is 17.1 Å². The standard InChI is InChI=1S/C15H22N2O2/c1-3-17-8-4-5-13(10-17)16-12-6-7-14(15(18)19)11(2)9-12/h6-7,9,13,16H,3-5,8,10H2,1-2H3,(H,18,19). The number of carbonyl (C=O) groups is 1. The Kier molecular flexibility index (Phi) is 4.43. The predicted molar refractivity (Wildman–Crippen MR) is 76.9 cm³/mol. The Morgan fingerprint density at radius 2 is 2.32 bits per heavy atom. The van der Waals surface area contributed by atoms with Crippen LogP contribution in [-0.4, -0.2) is 41.7 Å². The summed E-state index contributed by atoms with van der Waals surface area (Å²) in [6, 6.07) is 5.93. The van der Waals surface area contributed by atoms with E-state index in [0.29, 0.717) is 11.6 Å². The molecule has 2 rings (SSSR count). The number of nitrogens with zero attached hydrogens (tertiary/aromatic N) is 1. The zero-order valence-electron chi connectivity index (χ0n) is 11.6. The second-order valence-corrected chi connectivity index (χ2v) is 5.21. The van der Waals surface area contributed by atoms with Gasteiger partial charge in [0, 0.05) is 18.3 Å². The predicted octanol–water partition coefficient (Wildman–Crippen LogP) is 2.59. The summed E-state index contributed by atoms with van der Waals surface area (Å²) in [6.07, 6.45) is 2.40. The van der Waals surface area contributed by atoms with Gasteiger partial charge in [-0.1, -0.05) is 6.92 Å². The van der Waals surface area contributed by atoms with E-state index in [1.807, 2.05) is 19.1 Å². The summed E-state index contributed by atoms with van der Waals surface area (Å²) >= 11 is 0. The van der Waals surface area contributed by atoms with Crippen LogP contribution in [0.5, 0.6) is 0 Å². The number of aryl methyl sites for hydroxylation is 1. The molecule has 0 amide bonds. The van der Waals surface area contributed by atoms with Gasteiger partial charge >= 0.3 is 5.97 Å². The normalized spacial score (nSPS) is 20.2. The first-order chi connectivity index (χ1) is 9.10. The minimum Gasteiger partial charge on any atom is -0.478 e. The number of hydrogen-bond acceptors (Lipinski definition) is 3. The number of benzene rings is 1. The van der Waals surface area contributed by atoms with Gasteiger partial charge in [0.25, 0.3) is 0 Å². The number of likely N-dealkylation sites (tertiary alicyclic amines) is 1. The number of hydrogen-bond donors (Lipinski definition) is 2. The smallest absolute Gasteiger partial charge is 0.335 e. The van der Waals surface area contributed by atoms with Crippen molar-refractivity contribution in [2.45, 2.75) is 32.7 Å². The van der Waals surface area contributed by atoms with Crippen molar-refractivity contribution in [3.63, 3.8) is 0 Å². The van der Waals surface area contributed by atoms with Gasteiger partial charge in [-0.15, -0.1) is 0 Å². The Balaban J connectivity index is 2.03. The molecule has 104 valence electrons. The van der Waals surface area contributed by atoms with Crippen LogP contribution in [-0.2, 0) is 0 Å². The molecule has 1 aliphatic rings. The first kappa shape index (κ1) is 13.9. The molecule has 1 aliphatic heterocycles. The van der Waals surface area contributed by atoms with E-state index >= 15 is 0 Å². The quantitative estimate of drug-likeness (QED) is 0.875. The fraction of sp³-hybridized carbons (Fsp3) is 0.533. The van der Waals surface area contributed by atoms with Crippen LogP contribution in [0.15, 0.2) is 18.2 Å². The van der Waals surface area contributed by atoms with Crippen LogP contribution >= 0.6 is 0 Å². The number of carboxylic acid groups (broad SMARTS) is 1. The molecule has 1 heterocycles. The molecule has 0 saturated carbocycles. The van der Waals surface area contributed by atoms with Gasteiger partial charge in [0.1, 0.15) is 0 Å². The molecule has 0 aliphatic carbocycles. The Morgan fingerprint density at radius 3 is 2.95 bits per heavy atom. The summed E-state index contributed by atoms with van der Waals surface area (Å²) < 4.78 is 0. The number of anilines is 1. The summed E-state index contributed by atoms with van der Waals surface area (Å²) in [6.45, 7) is 7.37. The molecule has 1 atom stereocenters. The third-order valence-electron chi connectivity index (χ3n) is 3.78. The topological polar surface area (TPSA) is 52.6 Å². The molecule has 4 nitrogen and oxygen atoms in total. The van der Waals surface area contributed by atoms with Crippen molar-refractivity contribution in [2.24, 2.45) is 0 Å². The Morgan fingerprint density at radius 1 is 1.53 bits per heavy atom. The first-order valence-electron chi connectivity index (χ1n) is 6.93. The lowest BCUT2D eigenvalue weighted by Crippen LogP contribution is -2.41. The van der Waals surface area contributed by atoms with E-state index in [-0.39, 0.29) is 0 Å². The van der Waals surface area contributed by atoms with Crippen molar-refractivity contribution in [1.29, 1.82) is 0 Å². The Hall–Kier alpha value is -1.55. The summed E-state index contributed by atoms with van der Waals surface area (Å²) in [7, 11) is 0. The second-order valence-electron chi connectivity index (χ2n) is 5.21. The SMILES string of the molecule is CCN1CCCC(Nc2ccc(C(=O)O)c(C)c2)C1. The molecule has 1 saturated heterocycles. The highest BCUT2D eigenvalue weighted by molar-refractivity contribution is 5.89. The minimum absolute atomic E-state index is 0.379. The van der Waals surface area contributed by atoms with Crippen LogP contribution in [0.1, 0.15) is 35.7 Å². The first-order valence-corrected chi connectivity index (χ1v) is 6.93. The zero-order chi connectivity index (χ0) is 13.8. The van der Waals surface area contributed by atoms with Gasteiger partial charge in [-0.25, -0.2) is 4.79 Å². The third kappa shape index (κ3) is 3.47. The van der Waals surface area contributed by atoms with Crippen molar-refractivity contribution in [3.05, 3.63) is 29.3 Å². The van der Waals surface area contributed by atoms with Crippen molar-refractivity contribution in [1.82, 2.24) is 4.90 Å².